The first-order valence-corrected chi connectivity index (χ1v) is 6.10. The van der Waals surface area contributed by atoms with Crippen LogP contribution in [0.25, 0.3) is 0 Å². The maximum Gasteiger partial charge on any atom is 0.130 e. The van der Waals surface area contributed by atoms with Gasteiger partial charge in [-0.2, -0.15) is 0 Å². The van der Waals surface area contributed by atoms with Gasteiger partial charge in [0.1, 0.15) is 5.82 Å². The molecule has 0 amide bonds. The number of hydrogen-bond donors (Lipinski definition) is 2. The van der Waals surface area contributed by atoms with Crippen molar-refractivity contribution in [3.8, 4) is 0 Å². The Balaban J connectivity index is 2.76. The Labute approximate surface area is 103 Å². The molecule has 0 saturated carbocycles. The van der Waals surface area contributed by atoms with Gasteiger partial charge in [0.15, 0.2) is 0 Å². The van der Waals surface area contributed by atoms with Crippen LogP contribution in [0, 0.1) is 18.7 Å². The first kappa shape index (κ1) is 14.1. The van der Waals surface area contributed by atoms with Crippen LogP contribution in [0.2, 0.25) is 0 Å². The summed E-state index contributed by atoms with van der Waals surface area (Å²) in [5.74, 6) is 0.281. The van der Waals surface area contributed by atoms with Crippen molar-refractivity contribution in [2.45, 2.75) is 39.8 Å². The van der Waals surface area contributed by atoms with Crippen molar-refractivity contribution in [1.82, 2.24) is 5.32 Å². The lowest BCUT2D eigenvalue weighted by atomic mass is 9.88. The van der Waals surface area contributed by atoms with E-state index in [9.17, 15) is 4.39 Å². The highest BCUT2D eigenvalue weighted by atomic mass is 19.1. The normalized spacial score (nSPS) is 15.0. The molecule has 0 aliphatic rings. The van der Waals surface area contributed by atoms with Crippen molar-refractivity contribution in [3.63, 3.8) is 0 Å². The molecule has 0 bridgehead atoms. The van der Waals surface area contributed by atoms with Crippen LogP contribution in [0.1, 0.15) is 31.9 Å². The second-order valence-electron chi connectivity index (χ2n) is 5.18. The maximum absolute atomic E-state index is 13.8. The van der Waals surface area contributed by atoms with E-state index in [1.165, 1.54) is 0 Å². The lowest BCUT2D eigenvalue weighted by molar-refractivity contribution is 0.265. The minimum Gasteiger partial charge on any atom is -0.329 e. The predicted molar refractivity (Wildman–Crippen MR) is 70.3 cm³/mol. The average Bonchev–Trinajstić information content (AvgIpc) is 2.30. The fraction of sp³-hybridized carbons (Fsp3) is 0.571. The molecule has 0 fully saturated rings. The number of aryl methyl sites for hydroxylation is 1. The summed E-state index contributed by atoms with van der Waals surface area (Å²) in [6.45, 7) is 9.14. The molecule has 0 radical (unpaired) electrons. The highest BCUT2D eigenvalue weighted by Crippen LogP contribution is 2.17. The molecule has 0 saturated heterocycles. The van der Waals surface area contributed by atoms with Crippen LogP contribution < -0.4 is 11.1 Å². The first-order valence-electron chi connectivity index (χ1n) is 6.10. The lowest BCUT2D eigenvalue weighted by Gasteiger charge is -2.34. The van der Waals surface area contributed by atoms with E-state index in [4.69, 9.17) is 5.73 Å². The van der Waals surface area contributed by atoms with Crippen molar-refractivity contribution in [2.24, 2.45) is 11.7 Å². The minimum absolute atomic E-state index is 0.122. The molecule has 0 aromatic heterocycles. The summed E-state index contributed by atoms with van der Waals surface area (Å²) in [7, 11) is 0. The van der Waals surface area contributed by atoms with E-state index in [2.05, 4.69) is 26.1 Å². The monoisotopic (exact) mass is 238 g/mol. The van der Waals surface area contributed by atoms with Gasteiger partial charge in [-0.15, -0.1) is 0 Å². The smallest absolute Gasteiger partial charge is 0.130 e. The number of benzene rings is 1. The zero-order chi connectivity index (χ0) is 13.1. The third kappa shape index (κ3) is 3.27. The van der Waals surface area contributed by atoms with Gasteiger partial charge < -0.3 is 11.1 Å². The molecule has 3 N–H and O–H groups in total. The van der Waals surface area contributed by atoms with Crippen LogP contribution in [0.15, 0.2) is 18.2 Å². The molecule has 0 aliphatic carbocycles. The third-order valence-corrected chi connectivity index (χ3v) is 3.65. The van der Waals surface area contributed by atoms with Crippen molar-refractivity contribution in [2.75, 3.05) is 6.54 Å². The van der Waals surface area contributed by atoms with Crippen LogP contribution in [0.5, 0.6) is 0 Å². The molecule has 2 nitrogen and oxygen atoms in total. The summed E-state index contributed by atoms with van der Waals surface area (Å²) in [4.78, 5) is 0. The van der Waals surface area contributed by atoms with E-state index in [-0.39, 0.29) is 11.4 Å². The van der Waals surface area contributed by atoms with Crippen LogP contribution in [0.4, 0.5) is 4.39 Å². The van der Waals surface area contributed by atoms with E-state index in [0.717, 1.165) is 0 Å². The summed E-state index contributed by atoms with van der Waals surface area (Å²) in [5, 5.41) is 3.36. The molecule has 1 rings (SSSR count). The molecule has 1 aromatic rings. The second-order valence-corrected chi connectivity index (χ2v) is 5.18. The van der Waals surface area contributed by atoms with E-state index in [0.29, 0.717) is 30.1 Å². The van der Waals surface area contributed by atoms with Gasteiger partial charge in [-0.1, -0.05) is 32.0 Å². The Morgan fingerprint density at radius 3 is 2.59 bits per heavy atom. The molecule has 96 valence electrons. The van der Waals surface area contributed by atoms with E-state index >= 15 is 0 Å². The van der Waals surface area contributed by atoms with Crippen LogP contribution in [0.3, 0.4) is 0 Å². The number of rotatable bonds is 5. The lowest BCUT2D eigenvalue weighted by Crippen LogP contribution is -2.52. The largest absolute Gasteiger partial charge is 0.329 e. The molecule has 17 heavy (non-hydrogen) atoms. The molecular formula is C14H23FN2. The van der Waals surface area contributed by atoms with Crippen LogP contribution in [-0.4, -0.2) is 12.1 Å². The predicted octanol–water partition coefficient (Wildman–Crippen LogP) is 2.60. The van der Waals surface area contributed by atoms with E-state index in [1.807, 2.05) is 12.1 Å². The Morgan fingerprint density at radius 1 is 1.41 bits per heavy atom. The number of halogens is 1. The molecule has 0 spiro atoms. The van der Waals surface area contributed by atoms with E-state index < -0.39 is 0 Å². The fourth-order valence-corrected chi connectivity index (χ4v) is 1.65. The van der Waals surface area contributed by atoms with E-state index in [1.54, 1.807) is 13.0 Å². The van der Waals surface area contributed by atoms with Gasteiger partial charge in [-0.25, -0.2) is 4.39 Å². The highest BCUT2D eigenvalue weighted by molar-refractivity contribution is 5.24. The molecule has 0 aliphatic heterocycles. The number of hydrogen-bond acceptors (Lipinski definition) is 2. The van der Waals surface area contributed by atoms with Crippen molar-refractivity contribution >= 4 is 0 Å². The molecule has 1 atom stereocenters. The number of nitrogens with two attached hydrogens (primary N) is 1. The van der Waals surface area contributed by atoms with Gasteiger partial charge in [0.25, 0.3) is 0 Å². The molecular weight excluding hydrogens is 215 g/mol. The Kier molecular flexibility index (Phi) is 4.66. The Hall–Kier alpha value is -0.930. The molecule has 1 aromatic carbocycles. The molecule has 1 unspecified atom stereocenters. The quantitative estimate of drug-likeness (QED) is 0.827. The zero-order valence-electron chi connectivity index (χ0n) is 11.2. The maximum atomic E-state index is 13.8. The minimum atomic E-state index is -0.157. The summed E-state index contributed by atoms with van der Waals surface area (Å²) >= 11 is 0. The first-order chi connectivity index (χ1) is 7.90. The topological polar surface area (TPSA) is 38.0 Å². The van der Waals surface area contributed by atoms with Gasteiger partial charge in [-0.05, 0) is 25.3 Å². The van der Waals surface area contributed by atoms with Gasteiger partial charge in [0.05, 0.1) is 0 Å². The van der Waals surface area contributed by atoms with Crippen molar-refractivity contribution < 1.29 is 4.39 Å². The summed E-state index contributed by atoms with van der Waals surface area (Å²) in [6.07, 6.45) is 0. The SMILES string of the molecule is Cc1cccc(CNC(C)(CN)C(C)C)c1F. The standard InChI is InChI=1S/C14H23FN2/c1-10(2)14(4,9-16)17-8-12-7-5-6-11(3)13(12)15/h5-7,10,17H,8-9,16H2,1-4H3. The second kappa shape index (κ2) is 5.61. The Morgan fingerprint density at radius 2 is 2.06 bits per heavy atom. The summed E-state index contributed by atoms with van der Waals surface area (Å²) < 4.78 is 13.8. The van der Waals surface area contributed by atoms with Gasteiger partial charge in [0, 0.05) is 24.2 Å². The van der Waals surface area contributed by atoms with Crippen molar-refractivity contribution in [1.29, 1.82) is 0 Å². The highest BCUT2D eigenvalue weighted by Gasteiger charge is 2.26. The summed E-state index contributed by atoms with van der Waals surface area (Å²) in [5.41, 5.74) is 7.01. The van der Waals surface area contributed by atoms with Gasteiger partial charge in [-0.3, -0.25) is 0 Å². The fourth-order valence-electron chi connectivity index (χ4n) is 1.65. The third-order valence-electron chi connectivity index (χ3n) is 3.65. The van der Waals surface area contributed by atoms with Gasteiger partial charge >= 0.3 is 0 Å². The summed E-state index contributed by atoms with van der Waals surface area (Å²) in [6, 6.07) is 5.47. The zero-order valence-corrected chi connectivity index (χ0v) is 11.2. The Bertz CT molecular complexity index is 376. The molecule has 3 heteroatoms. The van der Waals surface area contributed by atoms with Crippen LogP contribution >= 0.6 is 0 Å². The number of nitrogens with one attached hydrogen (secondary N) is 1. The average molecular weight is 238 g/mol. The van der Waals surface area contributed by atoms with Gasteiger partial charge in [0.2, 0.25) is 0 Å². The molecule has 0 heterocycles. The van der Waals surface area contributed by atoms with Crippen LogP contribution in [-0.2, 0) is 6.54 Å². The van der Waals surface area contributed by atoms with Crippen molar-refractivity contribution in [3.05, 3.63) is 35.1 Å².